The molecule has 1 amide bonds. The summed E-state index contributed by atoms with van der Waals surface area (Å²) in [6, 6.07) is 25.5. The van der Waals surface area contributed by atoms with Crippen LogP contribution < -0.4 is 14.9 Å². The van der Waals surface area contributed by atoms with Gasteiger partial charge in [0, 0.05) is 17.6 Å². The number of rotatable bonds is 11. The van der Waals surface area contributed by atoms with Gasteiger partial charge in [-0.15, -0.1) is 0 Å². The molecule has 0 aliphatic rings. The van der Waals surface area contributed by atoms with Crippen LogP contribution in [0.25, 0.3) is 0 Å². The van der Waals surface area contributed by atoms with Crippen LogP contribution in [-0.2, 0) is 26.0 Å². The number of nitrogens with one attached hydrogen (secondary N) is 2. The SMILES string of the molecule is CC(C)(C)OC(=O)N(CC(=O)O)c1cccc(C(Cc2ccc(Nc3ccccc3)cc2)NS(=O)(=O)c2ccccn2)n1. The van der Waals surface area contributed by atoms with Crippen molar-refractivity contribution in [2.45, 2.75) is 43.9 Å². The van der Waals surface area contributed by atoms with Crippen LogP contribution in [0.15, 0.2) is 102 Å². The fraction of sp³-hybridized carbons (Fsp3) is 0.226. The number of carbonyl (C=O) groups excluding carboxylic acids is 1. The Morgan fingerprint density at radius 3 is 2.21 bits per heavy atom. The molecule has 2 aromatic carbocycles. The number of benzene rings is 2. The van der Waals surface area contributed by atoms with Crippen molar-refractivity contribution in [2.75, 3.05) is 16.8 Å². The number of aliphatic carboxylic acids is 1. The second-order valence-corrected chi connectivity index (χ2v) is 12.3. The van der Waals surface area contributed by atoms with Crippen LogP contribution in [0.3, 0.4) is 0 Å². The van der Waals surface area contributed by atoms with Gasteiger partial charge >= 0.3 is 12.1 Å². The minimum absolute atomic E-state index is 0.00130. The number of amides is 1. The highest BCUT2D eigenvalue weighted by Crippen LogP contribution is 2.25. The molecule has 0 aliphatic heterocycles. The van der Waals surface area contributed by atoms with Crippen molar-refractivity contribution in [1.82, 2.24) is 14.7 Å². The summed E-state index contributed by atoms with van der Waals surface area (Å²) in [6.45, 7) is 4.29. The van der Waals surface area contributed by atoms with Gasteiger partial charge in [-0.05, 0) is 81.3 Å². The van der Waals surface area contributed by atoms with Crippen molar-refractivity contribution in [3.63, 3.8) is 0 Å². The van der Waals surface area contributed by atoms with Crippen LogP contribution in [-0.4, -0.2) is 47.7 Å². The number of carboxylic acids is 1. The molecular weight excluding hydrogens is 570 g/mol. The zero-order valence-electron chi connectivity index (χ0n) is 24.0. The lowest BCUT2D eigenvalue weighted by atomic mass is 10.0. The van der Waals surface area contributed by atoms with Crippen molar-refractivity contribution < 1.29 is 27.9 Å². The molecule has 12 heteroatoms. The molecule has 3 N–H and O–H groups in total. The van der Waals surface area contributed by atoms with Crippen LogP contribution in [0.5, 0.6) is 0 Å². The Kier molecular flexibility index (Phi) is 9.73. The molecule has 224 valence electrons. The molecule has 4 aromatic rings. The fourth-order valence-electron chi connectivity index (χ4n) is 4.08. The van der Waals surface area contributed by atoms with Gasteiger partial charge in [0.2, 0.25) is 0 Å². The van der Waals surface area contributed by atoms with Gasteiger partial charge in [0.25, 0.3) is 10.0 Å². The highest BCUT2D eigenvalue weighted by Gasteiger charge is 2.28. The van der Waals surface area contributed by atoms with E-state index in [0.717, 1.165) is 21.8 Å². The maximum atomic E-state index is 13.3. The van der Waals surface area contributed by atoms with Crippen molar-refractivity contribution in [3.8, 4) is 0 Å². The van der Waals surface area contributed by atoms with Gasteiger partial charge in [-0.3, -0.25) is 9.69 Å². The smallest absolute Gasteiger partial charge is 0.416 e. The zero-order valence-corrected chi connectivity index (χ0v) is 24.8. The van der Waals surface area contributed by atoms with Gasteiger partial charge in [0.05, 0.1) is 11.7 Å². The summed E-state index contributed by atoms with van der Waals surface area (Å²) < 4.78 is 34.7. The van der Waals surface area contributed by atoms with E-state index in [0.29, 0.717) is 0 Å². The number of sulfonamides is 1. The van der Waals surface area contributed by atoms with E-state index >= 15 is 0 Å². The highest BCUT2D eigenvalue weighted by atomic mass is 32.2. The standard InChI is InChI=1S/C31H33N5O6S/c1-31(2,3)42-30(39)36(21-29(37)38)27-13-9-12-25(34-27)26(35-43(40,41)28-14-7-8-19-32-28)20-22-15-17-24(18-16-22)33-23-10-5-4-6-11-23/h4-19,26,33,35H,20-21H2,1-3H3,(H,37,38). The van der Waals surface area contributed by atoms with Crippen LogP contribution in [0, 0.1) is 0 Å². The molecule has 0 saturated heterocycles. The molecule has 4 rings (SSSR count). The van der Waals surface area contributed by atoms with Gasteiger partial charge in [-0.25, -0.2) is 27.9 Å². The third-order valence-electron chi connectivity index (χ3n) is 5.96. The Morgan fingerprint density at radius 1 is 0.907 bits per heavy atom. The molecule has 1 atom stereocenters. The number of nitrogens with zero attached hydrogens (tertiary/aromatic N) is 3. The van der Waals surface area contributed by atoms with Gasteiger partial charge in [0.1, 0.15) is 18.0 Å². The molecule has 11 nitrogen and oxygen atoms in total. The molecule has 0 spiro atoms. The molecule has 43 heavy (non-hydrogen) atoms. The normalized spacial score (nSPS) is 12.3. The number of anilines is 3. The molecule has 0 radical (unpaired) electrons. The van der Waals surface area contributed by atoms with E-state index in [4.69, 9.17) is 4.74 Å². The summed E-state index contributed by atoms with van der Waals surface area (Å²) in [7, 11) is -4.08. The number of carboxylic acid groups (broad SMARTS) is 1. The summed E-state index contributed by atoms with van der Waals surface area (Å²) in [5.41, 5.74) is 1.96. The molecule has 0 aliphatic carbocycles. The second kappa shape index (κ2) is 13.4. The minimum atomic E-state index is -4.08. The van der Waals surface area contributed by atoms with Gasteiger partial charge < -0.3 is 15.2 Å². The van der Waals surface area contributed by atoms with E-state index < -0.39 is 40.3 Å². The third-order valence-corrected chi connectivity index (χ3v) is 7.35. The number of para-hydroxylation sites is 1. The van der Waals surface area contributed by atoms with Crippen LogP contribution >= 0.6 is 0 Å². The average Bonchev–Trinajstić information content (AvgIpc) is 2.96. The Bertz CT molecular complexity index is 1640. The first-order valence-corrected chi connectivity index (χ1v) is 14.9. The molecule has 0 saturated carbocycles. The van der Waals surface area contributed by atoms with E-state index in [1.54, 1.807) is 45.0 Å². The van der Waals surface area contributed by atoms with E-state index in [1.165, 1.54) is 18.3 Å². The topological polar surface area (TPSA) is 151 Å². The predicted octanol–water partition coefficient (Wildman–Crippen LogP) is 5.31. The van der Waals surface area contributed by atoms with Gasteiger partial charge in [0.15, 0.2) is 5.03 Å². The monoisotopic (exact) mass is 603 g/mol. The number of aromatic nitrogens is 2. The van der Waals surface area contributed by atoms with Crippen LogP contribution in [0.2, 0.25) is 0 Å². The number of hydrogen-bond donors (Lipinski definition) is 3. The maximum Gasteiger partial charge on any atom is 0.416 e. The quantitative estimate of drug-likeness (QED) is 0.207. The number of carbonyl (C=O) groups is 2. The summed E-state index contributed by atoms with van der Waals surface area (Å²) in [5, 5.41) is 12.6. The minimum Gasteiger partial charge on any atom is -0.480 e. The highest BCUT2D eigenvalue weighted by molar-refractivity contribution is 7.89. The second-order valence-electron chi connectivity index (χ2n) is 10.6. The summed E-state index contributed by atoms with van der Waals surface area (Å²) in [5.74, 6) is -1.27. The summed E-state index contributed by atoms with van der Waals surface area (Å²) in [4.78, 5) is 33.9. The van der Waals surface area contributed by atoms with Crippen LogP contribution in [0.1, 0.15) is 38.1 Å². The lowest BCUT2D eigenvalue weighted by Gasteiger charge is -2.26. The predicted molar refractivity (Wildman–Crippen MR) is 163 cm³/mol. The largest absolute Gasteiger partial charge is 0.480 e. The van der Waals surface area contributed by atoms with Crippen molar-refractivity contribution in [2.24, 2.45) is 0 Å². The lowest BCUT2D eigenvalue weighted by molar-refractivity contribution is -0.135. The van der Waals surface area contributed by atoms with E-state index in [-0.39, 0.29) is 23.0 Å². The Hall–Kier alpha value is -4.81. The van der Waals surface area contributed by atoms with Gasteiger partial charge in [-0.2, -0.15) is 0 Å². The molecule has 2 aromatic heterocycles. The lowest BCUT2D eigenvalue weighted by Crippen LogP contribution is -2.40. The Balaban J connectivity index is 1.67. The molecular formula is C31H33N5O6S. The van der Waals surface area contributed by atoms with E-state index in [1.807, 2.05) is 54.6 Å². The first-order chi connectivity index (χ1) is 20.4. The van der Waals surface area contributed by atoms with Crippen molar-refractivity contribution >= 4 is 39.3 Å². The van der Waals surface area contributed by atoms with Crippen LogP contribution in [0.4, 0.5) is 22.0 Å². The Labute approximate surface area is 250 Å². The zero-order chi connectivity index (χ0) is 31.0. The number of pyridine rings is 2. The molecule has 1 unspecified atom stereocenters. The number of hydrogen-bond acceptors (Lipinski definition) is 8. The molecule has 0 bridgehead atoms. The summed E-state index contributed by atoms with van der Waals surface area (Å²) >= 11 is 0. The first-order valence-electron chi connectivity index (χ1n) is 13.4. The van der Waals surface area contributed by atoms with E-state index in [2.05, 4.69) is 20.0 Å². The Morgan fingerprint density at radius 2 is 1.58 bits per heavy atom. The maximum absolute atomic E-state index is 13.3. The van der Waals surface area contributed by atoms with Crippen molar-refractivity contribution in [1.29, 1.82) is 0 Å². The van der Waals surface area contributed by atoms with Crippen molar-refractivity contribution in [3.05, 3.63) is 108 Å². The summed E-state index contributed by atoms with van der Waals surface area (Å²) in [6.07, 6.45) is 0.678. The fourth-order valence-corrected chi connectivity index (χ4v) is 5.24. The third kappa shape index (κ3) is 9.09. The first kappa shape index (κ1) is 31.1. The number of ether oxygens (including phenoxy) is 1. The molecule has 2 heterocycles. The molecule has 0 fully saturated rings. The average molecular weight is 604 g/mol. The van der Waals surface area contributed by atoms with Gasteiger partial charge in [-0.1, -0.05) is 42.5 Å². The van der Waals surface area contributed by atoms with E-state index in [9.17, 15) is 23.1 Å².